The van der Waals surface area contributed by atoms with Crippen molar-refractivity contribution in [3.05, 3.63) is 0 Å². The van der Waals surface area contributed by atoms with E-state index >= 15 is 0 Å². The standard InChI is InChI=1S/C14H27NO/c1-2-3-5-8-13(16)11-14(12-15)9-6-4-7-10-14/h2-12,15H2,1H3. The quantitative estimate of drug-likeness (QED) is 0.674. The molecule has 0 aliphatic heterocycles. The lowest BCUT2D eigenvalue weighted by Crippen LogP contribution is -2.35. The van der Waals surface area contributed by atoms with Crippen LogP contribution in [-0.4, -0.2) is 12.3 Å². The average molecular weight is 225 g/mol. The predicted molar refractivity (Wildman–Crippen MR) is 68.3 cm³/mol. The lowest BCUT2D eigenvalue weighted by atomic mass is 9.70. The Morgan fingerprint density at radius 2 is 1.88 bits per heavy atom. The van der Waals surface area contributed by atoms with Crippen LogP contribution in [0.5, 0.6) is 0 Å². The Kier molecular flexibility index (Phi) is 6.04. The van der Waals surface area contributed by atoms with Gasteiger partial charge in [-0.25, -0.2) is 0 Å². The molecule has 0 unspecified atom stereocenters. The zero-order valence-corrected chi connectivity index (χ0v) is 10.8. The number of Topliss-reactive ketones (excluding diaryl/α,β-unsaturated/α-hetero) is 1. The molecule has 1 fully saturated rings. The molecule has 0 atom stereocenters. The minimum atomic E-state index is 0.168. The van der Waals surface area contributed by atoms with Gasteiger partial charge in [-0.1, -0.05) is 39.0 Å². The number of nitrogens with two attached hydrogens (primary N) is 1. The van der Waals surface area contributed by atoms with Crippen molar-refractivity contribution in [3.63, 3.8) is 0 Å². The van der Waals surface area contributed by atoms with Crippen LogP contribution in [0.4, 0.5) is 0 Å². The predicted octanol–water partition coefficient (Wildman–Crippen LogP) is 3.44. The molecule has 2 nitrogen and oxygen atoms in total. The molecule has 1 aliphatic carbocycles. The van der Waals surface area contributed by atoms with Crippen molar-refractivity contribution in [3.8, 4) is 0 Å². The monoisotopic (exact) mass is 225 g/mol. The van der Waals surface area contributed by atoms with Gasteiger partial charge in [0.15, 0.2) is 0 Å². The number of rotatable bonds is 7. The highest BCUT2D eigenvalue weighted by atomic mass is 16.1. The molecule has 1 saturated carbocycles. The summed E-state index contributed by atoms with van der Waals surface area (Å²) >= 11 is 0. The lowest BCUT2D eigenvalue weighted by molar-refractivity contribution is -0.121. The van der Waals surface area contributed by atoms with E-state index in [9.17, 15) is 4.79 Å². The van der Waals surface area contributed by atoms with E-state index in [-0.39, 0.29) is 5.41 Å². The molecular formula is C14H27NO. The second-order valence-electron chi connectivity index (χ2n) is 5.44. The summed E-state index contributed by atoms with van der Waals surface area (Å²) < 4.78 is 0. The van der Waals surface area contributed by atoms with Crippen LogP contribution in [0.15, 0.2) is 0 Å². The number of carbonyl (C=O) groups is 1. The van der Waals surface area contributed by atoms with Crippen LogP contribution in [0.1, 0.15) is 71.1 Å². The third-order valence-corrected chi connectivity index (χ3v) is 3.98. The van der Waals surface area contributed by atoms with Crippen molar-refractivity contribution in [1.29, 1.82) is 0 Å². The highest BCUT2D eigenvalue weighted by molar-refractivity contribution is 5.79. The van der Waals surface area contributed by atoms with E-state index in [0.29, 0.717) is 12.3 Å². The second kappa shape index (κ2) is 7.05. The van der Waals surface area contributed by atoms with Gasteiger partial charge in [0.05, 0.1) is 0 Å². The molecule has 1 aliphatic rings. The SMILES string of the molecule is CCCCCC(=O)CC1(CN)CCCCC1. The minimum absolute atomic E-state index is 0.168. The van der Waals surface area contributed by atoms with Crippen molar-refractivity contribution >= 4 is 5.78 Å². The van der Waals surface area contributed by atoms with Gasteiger partial charge in [-0.3, -0.25) is 4.79 Å². The molecular weight excluding hydrogens is 198 g/mol. The van der Waals surface area contributed by atoms with Crippen molar-refractivity contribution in [2.45, 2.75) is 71.1 Å². The van der Waals surface area contributed by atoms with E-state index < -0.39 is 0 Å². The first-order valence-corrected chi connectivity index (χ1v) is 6.94. The zero-order valence-electron chi connectivity index (χ0n) is 10.8. The fourth-order valence-corrected chi connectivity index (χ4v) is 2.83. The number of ketones is 1. The van der Waals surface area contributed by atoms with E-state index in [4.69, 9.17) is 5.73 Å². The third kappa shape index (κ3) is 4.25. The Hall–Kier alpha value is -0.370. The maximum atomic E-state index is 11.9. The van der Waals surface area contributed by atoms with Crippen LogP contribution >= 0.6 is 0 Å². The van der Waals surface area contributed by atoms with Crippen molar-refractivity contribution in [2.24, 2.45) is 11.1 Å². The molecule has 0 aromatic rings. The fourth-order valence-electron chi connectivity index (χ4n) is 2.83. The largest absolute Gasteiger partial charge is 0.330 e. The van der Waals surface area contributed by atoms with Gasteiger partial charge in [-0.15, -0.1) is 0 Å². The summed E-state index contributed by atoms with van der Waals surface area (Å²) in [5, 5.41) is 0. The van der Waals surface area contributed by atoms with Gasteiger partial charge in [0, 0.05) is 12.8 Å². The molecule has 2 heteroatoms. The van der Waals surface area contributed by atoms with E-state index in [2.05, 4.69) is 6.92 Å². The molecule has 0 radical (unpaired) electrons. The summed E-state index contributed by atoms with van der Waals surface area (Å²) in [6.45, 7) is 2.87. The Balaban J connectivity index is 2.33. The number of hydrogen-bond acceptors (Lipinski definition) is 2. The van der Waals surface area contributed by atoms with Crippen molar-refractivity contribution in [1.82, 2.24) is 0 Å². The molecule has 0 saturated heterocycles. The Bertz CT molecular complexity index is 207. The topological polar surface area (TPSA) is 43.1 Å². The molecule has 0 heterocycles. The number of hydrogen-bond donors (Lipinski definition) is 1. The van der Waals surface area contributed by atoms with Crippen molar-refractivity contribution in [2.75, 3.05) is 6.54 Å². The Morgan fingerprint density at radius 3 is 2.44 bits per heavy atom. The van der Waals surface area contributed by atoms with Crippen LogP contribution < -0.4 is 5.73 Å². The average Bonchev–Trinajstić information content (AvgIpc) is 2.30. The normalized spacial score (nSPS) is 19.6. The molecule has 16 heavy (non-hydrogen) atoms. The van der Waals surface area contributed by atoms with Crippen molar-refractivity contribution < 1.29 is 4.79 Å². The van der Waals surface area contributed by atoms with E-state index in [0.717, 1.165) is 19.3 Å². The van der Waals surface area contributed by atoms with Crippen LogP contribution in [0.3, 0.4) is 0 Å². The highest BCUT2D eigenvalue weighted by Crippen LogP contribution is 2.38. The summed E-state index contributed by atoms with van der Waals surface area (Å²) in [5.41, 5.74) is 6.06. The number of carbonyl (C=O) groups excluding carboxylic acids is 1. The van der Waals surface area contributed by atoms with Crippen LogP contribution in [0.25, 0.3) is 0 Å². The third-order valence-electron chi connectivity index (χ3n) is 3.98. The Morgan fingerprint density at radius 1 is 1.19 bits per heavy atom. The van der Waals surface area contributed by atoms with Crippen LogP contribution in [-0.2, 0) is 4.79 Å². The summed E-state index contributed by atoms with van der Waals surface area (Å²) in [7, 11) is 0. The van der Waals surface area contributed by atoms with Gasteiger partial charge < -0.3 is 5.73 Å². The maximum Gasteiger partial charge on any atom is 0.133 e. The van der Waals surface area contributed by atoms with Gasteiger partial charge in [-0.2, -0.15) is 0 Å². The maximum absolute atomic E-state index is 11.9. The van der Waals surface area contributed by atoms with E-state index in [1.54, 1.807) is 0 Å². The Labute approximate surface area is 100.0 Å². The summed E-state index contributed by atoms with van der Waals surface area (Å²) in [5.74, 6) is 0.445. The summed E-state index contributed by atoms with van der Waals surface area (Å²) in [4.78, 5) is 11.9. The lowest BCUT2D eigenvalue weighted by Gasteiger charge is -2.35. The van der Waals surface area contributed by atoms with Gasteiger partial charge in [0.1, 0.15) is 5.78 Å². The summed E-state index contributed by atoms with van der Waals surface area (Å²) in [6.07, 6.45) is 11.1. The van der Waals surface area contributed by atoms with Gasteiger partial charge >= 0.3 is 0 Å². The molecule has 0 amide bonds. The van der Waals surface area contributed by atoms with E-state index in [1.807, 2.05) is 0 Å². The van der Waals surface area contributed by atoms with Crippen LogP contribution in [0.2, 0.25) is 0 Å². The van der Waals surface area contributed by atoms with Crippen LogP contribution in [0, 0.1) is 5.41 Å². The fraction of sp³-hybridized carbons (Fsp3) is 0.929. The molecule has 1 rings (SSSR count). The van der Waals surface area contributed by atoms with Gasteiger partial charge in [0.2, 0.25) is 0 Å². The molecule has 2 N–H and O–H groups in total. The van der Waals surface area contributed by atoms with Gasteiger partial charge in [0.25, 0.3) is 0 Å². The molecule has 0 aromatic carbocycles. The minimum Gasteiger partial charge on any atom is -0.330 e. The molecule has 0 aromatic heterocycles. The zero-order chi connectivity index (χ0) is 11.9. The molecule has 94 valence electrons. The molecule has 0 bridgehead atoms. The first-order valence-electron chi connectivity index (χ1n) is 6.94. The molecule has 0 spiro atoms. The highest BCUT2D eigenvalue weighted by Gasteiger charge is 2.32. The summed E-state index contributed by atoms with van der Waals surface area (Å²) in [6, 6.07) is 0. The van der Waals surface area contributed by atoms with E-state index in [1.165, 1.54) is 44.9 Å². The smallest absolute Gasteiger partial charge is 0.133 e. The first kappa shape index (κ1) is 13.7. The van der Waals surface area contributed by atoms with Gasteiger partial charge in [-0.05, 0) is 31.2 Å². The second-order valence-corrected chi connectivity index (χ2v) is 5.44. The number of unbranched alkanes of at least 4 members (excludes halogenated alkanes) is 2. The first-order chi connectivity index (χ1) is 7.72.